The van der Waals surface area contributed by atoms with Crippen LogP contribution in [-0.4, -0.2) is 41.9 Å². The lowest BCUT2D eigenvalue weighted by molar-refractivity contribution is -0.137. The van der Waals surface area contributed by atoms with Gasteiger partial charge in [-0.05, 0) is 47.8 Å². The monoisotopic (exact) mass is 434 g/mol. The number of amides is 2. The molecule has 2 amide bonds. The summed E-state index contributed by atoms with van der Waals surface area (Å²) in [4.78, 5) is 28.5. The van der Waals surface area contributed by atoms with Gasteiger partial charge in [0.15, 0.2) is 6.61 Å². The van der Waals surface area contributed by atoms with Crippen molar-refractivity contribution in [1.29, 1.82) is 0 Å². The summed E-state index contributed by atoms with van der Waals surface area (Å²) in [5, 5.41) is 2.97. The molecule has 0 aromatic heterocycles. The first kappa shape index (κ1) is 22.4. The Morgan fingerprint density at radius 1 is 1.03 bits per heavy atom. The van der Waals surface area contributed by atoms with Crippen molar-refractivity contribution in [2.24, 2.45) is 10.8 Å². The van der Waals surface area contributed by atoms with Crippen molar-refractivity contribution in [3.8, 4) is 5.75 Å². The van der Waals surface area contributed by atoms with Crippen LogP contribution in [0.1, 0.15) is 45.6 Å². The molecule has 1 aliphatic carbocycles. The van der Waals surface area contributed by atoms with Gasteiger partial charge >= 0.3 is 0 Å². The minimum absolute atomic E-state index is 0.0216. The molecule has 1 heterocycles. The molecular weight excluding hydrogens is 400 g/mol. The molecule has 170 valence electrons. The van der Waals surface area contributed by atoms with E-state index in [0.717, 1.165) is 31.4 Å². The fraction of sp³-hybridized carbons (Fsp3) is 0.481. The SMILES string of the molecule is CC1(C)CC2CC(C)(CN2C(=O)C(Cc2ccccc2)NC(=O)COc2ccccc2)C1. The molecule has 1 N–H and O–H groups in total. The average molecular weight is 435 g/mol. The third-order valence-electron chi connectivity index (χ3n) is 6.73. The molecule has 4 rings (SSSR count). The lowest BCUT2D eigenvalue weighted by Crippen LogP contribution is -2.52. The molecule has 3 atom stereocenters. The van der Waals surface area contributed by atoms with Crippen molar-refractivity contribution in [3.05, 3.63) is 66.2 Å². The van der Waals surface area contributed by atoms with Crippen molar-refractivity contribution in [2.75, 3.05) is 13.2 Å². The number of benzene rings is 2. The van der Waals surface area contributed by atoms with Gasteiger partial charge in [0.2, 0.25) is 5.91 Å². The Morgan fingerprint density at radius 2 is 1.69 bits per heavy atom. The highest BCUT2D eigenvalue weighted by atomic mass is 16.5. The number of carbonyl (C=O) groups is 2. The lowest BCUT2D eigenvalue weighted by Gasteiger charge is -2.39. The molecule has 1 saturated carbocycles. The van der Waals surface area contributed by atoms with E-state index in [-0.39, 0.29) is 35.3 Å². The maximum Gasteiger partial charge on any atom is 0.258 e. The quantitative estimate of drug-likeness (QED) is 0.710. The van der Waals surface area contributed by atoms with Crippen LogP contribution >= 0.6 is 0 Å². The van der Waals surface area contributed by atoms with Crippen molar-refractivity contribution in [1.82, 2.24) is 10.2 Å². The third kappa shape index (κ3) is 5.32. The third-order valence-corrected chi connectivity index (χ3v) is 6.73. The van der Waals surface area contributed by atoms with E-state index in [4.69, 9.17) is 4.74 Å². The summed E-state index contributed by atoms with van der Waals surface area (Å²) in [5.41, 5.74) is 1.41. The predicted octanol–water partition coefficient (Wildman–Crippen LogP) is 4.22. The van der Waals surface area contributed by atoms with Gasteiger partial charge < -0.3 is 15.0 Å². The number of likely N-dealkylation sites (tertiary alicyclic amines) is 1. The van der Waals surface area contributed by atoms with Gasteiger partial charge in [-0.25, -0.2) is 0 Å². The van der Waals surface area contributed by atoms with Gasteiger partial charge in [0.1, 0.15) is 11.8 Å². The molecule has 2 aromatic carbocycles. The predicted molar refractivity (Wildman–Crippen MR) is 125 cm³/mol. The first-order chi connectivity index (χ1) is 15.2. The molecule has 1 aliphatic heterocycles. The minimum atomic E-state index is -0.602. The fourth-order valence-corrected chi connectivity index (χ4v) is 5.87. The van der Waals surface area contributed by atoms with Crippen LogP contribution in [0.15, 0.2) is 60.7 Å². The summed E-state index contributed by atoms with van der Waals surface area (Å²) in [6, 6.07) is 18.8. The summed E-state index contributed by atoms with van der Waals surface area (Å²) in [6.07, 6.45) is 3.66. The highest BCUT2D eigenvalue weighted by Gasteiger charge is 2.51. The van der Waals surface area contributed by atoms with Gasteiger partial charge in [0.25, 0.3) is 5.91 Å². The number of hydrogen-bond acceptors (Lipinski definition) is 3. The Morgan fingerprint density at radius 3 is 2.38 bits per heavy atom. The van der Waals surface area contributed by atoms with Crippen molar-refractivity contribution >= 4 is 11.8 Å². The lowest BCUT2D eigenvalue weighted by atomic mass is 9.65. The first-order valence-electron chi connectivity index (χ1n) is 11.5. The Labute approximate surface area is 191 Å². The van der Waals surface area contributed by atoms with Crippen molar-refractivity contribution in [3.63, 3.8) is 0 Å². The number of rotatable bonds is 7. The van der Waals surface area contributed by atoms with Crippen LogP contribution in [0, 0.1) is 10.8 Å². The van der Waals surface area contributed by atoms with E-state index in [9.17, 15) is 9.59 Å². The maximum atomic E-state index is 13.7. The van der Waals surface area contributed by atoms with Gasteiger partial charge in [0, 0.05) is 19.0 Å². The maximum absolute atomic E-state index is 13.7. The standard InChI is InChI=1S/C27H34N2O3/c1-26(2)15-21-16-27(3,18-26)19-29(21)25(31)23(14-20-10-6-4-7-11-20)28-24(30)17-32-22-12-8-5-9-13-22/h4-13,21,23H,14-19H2,1-3H3,(H,28,30). The first-order valence-corrected chi connectivity index (χ1v) is 11.5. The smallest absolute Gasteiger partial charge is 0.258 e. The summed E-state index contributed by atoms with van der Waals surface area (Å²) in [5.74, 6) is 0.377. The normalized spacial score (nSPS) is 24.6. The molecule has 3 unspecified atom stereocenters. The number of carbonyl (C=O) groups excluding carboxylic acids is 2. The average Bonchev–Trinajstić information content (AvgIpc) is 3.01. The van der Waals surface area contributed by atoms with Crippen LogP contribution in [0.5, 0.6) is 5.75 Å². The number of ether oxygens (including phenoxy) is 1. The number of para-hydroxylation sites is 1. The van der Waals surface area contributed by atoms with Crippen LogP contribution in [0.4, 0.5) is 0 Å². The second kappa shape index (κ2) is 8.97. The summed E-state index contributed by atoms with van der Waals surface area (Å²) in [6.45, 7) is 7.55. The highest BCUT2D eigenvalue weighted by molar-refractivity contribution is 5.89. The van der Waals surface area contributed by atoms with E-state index in [1.165, 1.54) is 0 Å². The molecule has 0 radical (unpaired) electrons. The summed E-state index contributed by atoms with van der Waals surface area (Å²) < 4.78 is 5.60. The van der Waals surface area contributed by atoms with E-state index in [1.807, 2.05) is 65.6 Å². The Balaban J connectivity index is 1.47. The zero-order valence-corrected chi connectivity index (χ0v) is 19.3. The number of nitrogens with zero attached hydrogens (tertiary/aromatic N) is 1. The summed E-state index contributed by atoms with van der Waals surface area (Å²) in [7, 11) is 0. The molecule has 32 heavy (non-hydrogen) atoms. The van der Waals surface area contributed by atoms with E-state index in [1.54, 1.807) is 0 Å². The van der Waals surface area contributed by atoms with E-state index >= 15 is 0 Å². The molecule has 5 nitrogen and oxygen atoms in total. The zero-order valence-electron chi connectivity index (χ0n) is 19.3. The van der Waals surface area contributed by atoms with Crippen LogP contribution < -0.4 is 10.1 Å². The molecule has 0 spiro atoms. The van der Waals surface area contributed by atoms with E-state index in [0.29, 0.717) is 12.2 Å². The Bertz CT molecular complexity index is 944. The second-order valence-corrected chi connectivity index (χ2v) is 10.6. The molecule has 2 bridgehead atoms. The molecule has 2 fully saturated rings. The van der Waals surface area contributed by atoms with Crippen LogP contribution in [0.25, 0.3) is 0 Å². The van der Waals surface area contributed by atoms with Gasteiger partial charge in [-0.15, -0.1) is 0 Å². The van der Waals surface area contributed by atoms with Crippen molar-refractivity contribution in [2.45, 2.75) is 58.5 Å². The number of fused-ring (bicyclic) bond motifs is 2. The topological polar surface area (TPSA) is 58.6 Å². The largest absolute Gasteiger partial charge is 0.484 e. The second-order valence-electron chi connectivity index (χ2n) is 10.6. The van der Waals surface area contributed by atoms with Gasteiger partial charge in [-0.3, -0.25) is 9.59 Å². The molecule has 1 saturated heterocycles. The van der Waals surface area contributed by atoms with Crippen LogP contribution in [0.3, 0.4) is 0 Å². The van der Waals surface area contributed by atoms with Crippen LogP contribution in [-0.2, 0) is 16.0 Å². The molecule has 2 aliphatic rings. The minimum Gasteiger partial charge on any atom is -0.484 e. The Hall–Kier alpha value is -2.82. The molecular formula is C27H34N2O3. The highest BCUT2D eigenvalue weighted by Crippen LogP contribution is 2.52. The van der Waals surface area contributed by atoms with E-state index < -0.39 is 6.04 Å². The van der Waals surface area contributed by atoms with Crippen LogP contribution in [0.2, 0.25) is 0 Å². The summed E-state index contributed by atoms with van der Waals surface area (Å²) >= 11 is 0. The van der Waals surface area contributed by atoms with Gasteiger partial charge in [-0.2, -0.15) is 0 Å². The number of nitrogens with one attached hydrogen (secondary N) is 1. The van der Waals surface area contributed by atoms with Crippen molar-refractivity contribution < 1.29 is 14.3 Å². The fourth-order valence-electron chi connectivity index (χ4n) is 5.87. The van der Waals surface area contributed by atoms with Gasteiger partial charge in [0.05, 0.1) is 0 Å². The number of hydrogen-bond donors (Lipinski definition) is 1. The zero-order chi connectivity index (χ0) is 22.8. The van der Waals surface area contributed by atoms with E-state index in [2.05, 4.69) is 26.1 Å². The van der Waals surface area contributed by atoms with Gasteiger partial charge in [-0.1, -0.05) is 69.3 Å². The Kier molecular flexibility index (Phi) is 6.27. The molecule has 2 aromatic rings. The molecule has 5 heteroatoms.